The van der Waals surface area contributed by atoms with Crippen molar-refractivity contribution in [2.75, 3.05) is 16.0 Å². The minimum absolute atomic E-state index is 0.166. The summed E-state index contributed by atoms with van der Waals surface area (Å²) in [7, 11) is 0. The molecule has 9 nitrogen and oxygen atoms in total. The maximum atomic E-state index is 12.7. The quantitative estimate of drug-likeness (QED) is 0.244. The molecule has 0 aliphatic carbocycles. The molecule has 0 saturated heterocycles. The molecule has 1 amide bonds. The average molecular weight is 476 g/mol. The van der Waals surface area contributed by atoms with Crippen LogP contribution in [0.15, 0.2) is 97.6 Å². The Kier molecular flexibility index (Phi) is 6.18. The summed E-state index contributed by atoms with van der Waals surface area (Å²) in [5.41, 5.74) is 4.34. The molecule has 3 aromatic heterocycles. The van der Waals surface area contributed by atoms with Gasteiger partial charge in [0, 0.05) is 47.2 Å². The molecule has 36 heavy (non-hydrogen) atoms. The third-order valence-corrected chi connectivity index (χ3v) is 5.39. The summed E-state index contributed by atoms with van der Waals surface area (Å²) in [5, 5.41) is 19.2. The van der Waals surface area contributed by atoms with E-state index in [2.05, 4.69) is 30.9 Å². The second kappa shape index (κ2) is 9.90. The van der Waals surface area contributed by atoms with Gasteiger partial charge in [-0.25, -0.2) is 9.78 Å². The SMILES string of the molecule is O=C(O)c1ccc2nccc(Nc3ccc(C(=O)Nc4ccc(Nc5ccncc5)cc4)cn3)c2c1. The lowest BCUT2D eigenvalue weighted by molar-refractivity contribution is 0.0697. The van der Waals surface area contributed by atoms with Crippen LogP contribution in [0.1, 0.15) is 20.7 Å². The van der Waals surface area contributed by atoms with Crippen molar-refractivity contribution in [2.24, 2.45) is 0 Å². The van der Waals surface area contributed by atoms with Crippen molar-refractivity contribution < 1.29 is 14.7 Å². The highest BCUT2D eigenvalue weighted by Crippen LogP contribution is 2.26. The number of carboxylic acid groups (broad SMARTS) is 1. The van der Waals surface area contributed by atoms with Gasteiger partial charge >= 0.3 is 5.97 Å². The van der Waals surface area contributed by atoms with Gasteiger partial charge < -0.3 is 21.1 Å². The molecule has 0 radical (unpaired) electrons. The molecule has 176 valence electrons. The lowest BCUT2D eigenvalue weighted by Crippen LogP contribution is -2.12. The number of rotatable bonds is 7. The van der Waals surface area contributed by atoms with Crippen LogP contribution in [0.4, 0.5) is 28.6 Å². The zero-order valence-corrected chi connectivity index (χ0v) is 18.8. The Balaban J connectivity index is 1.25. The molecule has 3 heterocycles. The Bertz CT molecular complexity index is 1540. The molecule has 0 atom stereocenters. The van der Waals surface area contributed by atoms with E-state index >= 15 is 0 Å². The monoisotopic (exact) mass is 476 g/mol. The van der Waals surface area contributed by atoms with Crippen molar-refractivity contribution in [1.82, 2.24) is 15.0 Å². The van der Waals surface area contributed by atoms with Gasteiger partial charge in [0.1, 0.15) is 5.82 Å². The summed E-state index contributed by atoms with van der Waals surface area (Å²) >= 11 is 0. The lowest BCUT2D eigenvalue weighted by atomic mass is 10.1. The first-order chi connectivity index (χ1) is 17.5. The van der Waals surface area contributed by atoms with Gasteiger partial charge in [-0.1, -0.05) is 0 Å². The van der Waals surface area contributed by atoms with Crippen molar-refractivity contribution in [1.29, 1.82) is 0 Å². The van der Waals surface area contributed by atoms with E-state index in [-0.39, 0.29) is 11.5 Å². The third kappa shape index (κ3) is 5.10. The molecule has 5 aromatic rings. The fourth-order valence-electron chi connectivity index (χ4n) is 3.57. The van der Waals surface area contributed by atoms with Gasteiger partial charge in [0.25, 0.3) is 5.91 Å². The van der Waals surface area contributed by atoms with E-state index in [9.17, 15) is 14.7 Å². The van der Waals surface area contributed by atoms with Gasteiger partial charge in [-0.2, -0.15) is 0 Å². The normalized spacial score (nSPS) is 10.6. The van der Waals surface area contributed by atoms with E-state index in [0.29, 0.717) is 33.7 Å². The number of carboxylic acids is 1. The van der Waals surface area contributed by atoms with Gasteiger partial charge in [-0.3, -0.25) is 14.8 Å². The van der Waals surface area contributed by atoms with Gasteiger partial charge in [-0.05, 0) is 72.8 Å². The highest BCUT2D eigenvalue weighted by molar-refractivity contribution is 6.04. The smallest absolute Gasteiger partial charge is 0.335 e. The number of carbonyl (C=O) groups is 2. The maximum absolute atomic E-state index is 12.7. The molecular weight excluding hydrogens is 456 g/mol. The first kappa shape index (κ1) is 22.5. The number of fused-ring (bicyclic) bond motifs is 1. The number of pyridine rings is 3. The van der Waals surface area contributed by atoms with Gasteiger partial charge in [0.15, 0.2) is 0 Å². The van der Waals surface area contributed by atoms with Crippen molar-refractivity contribution >= 4 is 51.3 Å². The van der Waals surface area contributed by atoms with E-state index in [1.54, 1.807) is 48.9 Å². The van der Waals surface area contributed by atoms with Crippen LogP contribution in [0.25, 0.3) is 10.9 Å². The minimum atomic E-state index is -1.01. The van der Waals surface area contributed by atoms with Crippen LogP contribution < -0.4 is 16.0 Å². The molecule has 0 aliphatic rings. The number of benzene rings is 2. The summed E-state index contributed by atoms with van der Waals surface area (Å²) in [6.07, 6.45) is 6.52. The molecule has 4 N–H and O–H groups in total. The minimum Gasteiger partial charge on any atom is -0.478 e. The van der Waals surface area contributed by atoms with E-state index in [4.69, 9.17) is 0 Å². The highest BCUT2D eigenvalue weighted by atomic mass is 16.4. The number of aromatic nitrogens is 3. The number of hydrogen-bond donors (Lipinski definition) is 4. The van der Waals surface area contributed by atoms with Crippen LogP contribution in [-0.4, -0.2) is 31.9 Å². The number of nitrogens with one attached hydrogen (secondary N) is 3. The second-order valence-electron chi connectivity index (χ2n) is 7.85. The predicted molar refractivity (Wildman–Crippen MR) is 138 cm³/mol. The average Bonchev–Trinajstić information content (AvgIpc) is 2.91. The predicted octanol–water partition coefficient (Wildman–Crippen LogP) is 5.46. The van der Waals surface area contributed by atoms with Crippen LogP contribution >= 0.6 is 0 Å². The standard InChI is InChI=1S/C27H20N6O3/c34-26(32-20-5-3-19(4-6-20)31-21-9-12-28-13-10-21)18-2-8-25(30-16-18)33-24-11-14-29-23-7-1-17(27(35)36)15-22(23)24/h1-16H,(H,28,31)(H,32,34)(H,35,36)(H,29,30,33). The van der Waals surface area contributed by atoms with Crippen LogP contribution in [0.3, 0.4) is 0 Å². The maximum Gasteiger partial charge on any atom is 0.335 e. The summed E-state index contributed by atoms with van der Waals surface area (Å²) in [6.45, 7) is 0. The van der Waals surface area contributed by atoms with Gasteiger partial charge in [0.05, 0.1) is 22.3 Å². The summed E-state index contributed by atoms with van der Waals surface area (Å²) in [5.74, 6) is -0.796. The fourth-order valence-corrected chi connectivity index (χ4v) is 3.57. The Labute approximate surface area is 205 Å². The van der Waals surface area contributed by atoms with Crippen LogP contribution in [0.2, 0.25) is 0 Å². The Morgan fingerprint density at radius 3 is 2.14 bits per heavy atom. The molecule has 0 bridgehead atoms. The molecule has 0 fully saturated rings. The van der Waals surface area contributed by atoms with E-state index in [1.165, 1.54) is 12.3 Å². The fraction of sp³-hybridized carbons (Fsp3) is 0. The first-order valence-corrected chi connectivity index (χ1v) is 11.0. The summed E-state index contributed by atoms with van der Waals surface area (Å²) < 4.78 is 0. The van der Waals surface area contributed by atoms with Crippen LogP contribution in [-0.2, 0) is 0 Å². The van der Waals surface area contributed by atoms with Gasteiger partial charge in [-0.15, -0.1) is 0 Å². The number of anilines is 5. The van der Waals surface area contributed by atoms with Crippen LogP contribution in [0.5, 0.6) is 0 Å². The third-order valence-electron chi connectivity index (χ3n) is 5.39. The van der Waals surface area contributed by atoms with Crippen molar-refractivity contribution in [3.63, 3.8) is 0 Å². The van der Waals surface area contributed by atoms with E-state index in [0.717, 1.165) is 11.4 Å². The zero-order valence-electron chi connectivity index (χ0n) is 18.8. The lowest BCUT2D eigenvalue weighted by Gasteiger charge is -2.11. The largest absolute Gasteiger partial charge is 0.478 e. The van der Waals surface area contributed by atoms with E-state index in [1.807, 2.05) is 36.4 Å². The Morgan fingerprint density at radius 1 is 0.694 bits per heavy atom. The van der Waals surface area contributed by atoms with Crippen LogP contribution in [0, 0.1) is 0 Å². The number of carbonyl (C=O) groups excluding carboxylic acids is 1. The van der Waals surface area contributed by atoms with Crippen molar-refractivity contribution in [3.05, 3.63) is 109 Å². The molecule has 2 aromatic carbocycles. The molecule has 0 unspecified atom stereocenters. The van der Waals surface area contributed by atoms with Crippen molar-refractivity contribution in [2.45, 2.75) is 0 Å². The van der Waals surface area contributed by atoms with Crippen molar-refractivity contribution in [3.8, 4) is 0 Å². The molecular formula is C27H20N6O3. The Hall–Kier alpha value is -5.31. The summed E-state index contributed by atoms with van der Waals surface area (Å²) in [4.78, 5) is 36.6. The highest BCUT2D eigenvalue weighted by Gasteiger charge is 2.10. The Morgan fingerprint density at radius 2 is 1.42 bits per heavy atom. The van der Waals surface area contributed by atoms with Gasteiger partial charge in [0.2, 0.25) is 0 Å². The molecule has 0 aliphatic heterocycles. The topological polar surface area (TPSA) is 129 Å². The molecule has 0 spiro atoms. The second-order valence-corrected chi connectivity index (χ2v) is 7.85. The van der Waals surface area contributed by atoms with E-state index < -0.39 is 5.97 Å². The number of aromatic carboxylic acids is 1. The first-order valence-electron chi connectivity index (χ1n) is 11.0. The molecule has 0 saturated carbocycles. The summed E-state index contributed by atoms with van der Waals surface area (Å²) in [6, 6.07) is 20.9. The number of hydrogen-bond acceptors (Lipinski definition) is 7. The molecule has 5 rings (SSSR count). The molecule has 9 heteroatoms. The zero-order chi connectivity index (χ0) is 24.9. The number of nitrogens with zero attached hydrogens (tertiary/aromatic N) is 3. The number of amides is 1.